The minimum atomic E-state index is 0.511. The molecule has 0 bridgehead atoms. The number of halogens is 1. The summed E-state index contributed by atoms with van der Waals surface area (Å²) in [7, 11) is 0. The Morgan fingerprint density at radius 1 is 1.11 bits per heavy atom. The lowest BCUT2D eigenvalue weighted by atomic mass is 9.98. The second kappa shape index (κ2) is 8.71. The highest BCUT2D eigenvalue weighted by molar-refractivity contribution is 9.10. The third kappa shape index (κ3) is 6.01. The fraction of sp³-hybridized carbons (Fsp3) is 0.625. The second-order valence-electron chi connectivity index (χ2n) is 5.38. The number of hydrogen-bond donors (Lipinski definition) is 1. The average molecular weight is 312 g/mol. The predicted molar refractivity (Wildman–Crippen MR) is 83.9 cm³/mol. The highest BCUT2D eigenvalue weighted by Crippen LogP contribution is 2.22. The molecule has 1 aromatic rings. The van der Waals surface area contributed by atoms with Crippen LogP contribution in [0.1, 0.15) is 58.1 Å². The summed E-state index contributed by atoms with van der Waals surface area (Å²) < 4.78 is 1.16. The van der Waals surface area contributed by atoms with Gasteiger partial charge in [0, 0.05) is 10.5 Å². The van der Waals surface area contributed by atoms with Crippen LogP contribution in [-0.2, 0) is 0 Å². The van der Waals surface area contributed by atoms with E-state index >= 15 is 0 Å². The van der Waals surface area contributed by atoms with Crippen LogP contribution < -0.4 is 5.32 Å². The summed E-state index contributed by atoms with van der Waals surface area (Å²) in [5.41, 5.74) is 1.41. The fourth-order valence-electron chi connectivity index (χ4n) is 2.13. The molecule has 1 atom stereocenters. The van der Waals surface area contributed by atoms with Gasteiger partial charge in [-0.1, -0.05) is 61.7 Å². The van der Waals surface area contributed by atoms with Crippen molar-refractivity contribution in [1.29, 1.82) is 0 Å². The Morgan fingerprint density at radius 3 is 2.33 bits per heavy atom. The fourth-order valence-corrected chi connectivity index (χ4v) is 2.39. The molecular formula is C16H26BrN. The van der Waals surface area contributed by atoms with Gasteiger partial charge in [0.1, 0.15) is 0 Å². The Hall–Kier alpha value is -0.340. The van der Waals surface area contributed by atoms with Crippen LogP contribution in [0.5, 0.6) is 0 Å². The first-order valence-corrected chi connectivity index (χ1v) is 7.91. The van der Waals surface area contributed by atoms with E-state index in [2.05, 4.69) is 66.3 Å². The van der Waals surface area contributed by atoms with Gasteiger partial charge in [0.05, 0.1) is 0 Å². The normalized spacial score (nSPS) is 12.9. The molecule has 1 nitrogen and oxygen atoms in total. The molecule has 102 valence electrons. The van der Waals surface area contributed by atoms with Gasteiger partial charge in [0.15, 0.2) is 0 Å². The van der Waals surface area contributed by atoms with Crippen molar-refractivity contribution in [3.63, 3.8) is 0 Å². The third-order valence-electron chi connectivity index (χ3n) is 3.19. The van der Waals surface area contributed by atoms with E-state index in [1.54, 1.807) is 0 Å². The maximum absolute atomic E-state index is 3.66. The van der Waals surface area contributed by atoms with Gasteiger partial charge in [-0.2, -0.15) is 0 Å². The summed E-state index contributed by atoms with van der Waals surface area (Å²) in [6.45, 7) is 7.92. The molecule has 0 saturated carbocycles. The molecule has 0 radical (unpaired) electrons. The van der Waals surface area contributed by atoms with Crippen molar-refractivity contribution in [3.05, 3.63) is 34.3 Å². The smallest absolute Gasteiger partial charge is 0.0320 e. The van der Waals surface area contributed by atoms with Gasteiger partial charge in [0.2, 0.25) is 0 Å². The summed E-state index contributed by atoms with van der Waals surface area (Å²) in [4.78, 5) is 0. The molecule has 2 heteroatoms. The van der Waals surface area contributed by atoms with Gasteiger partial charge in [-0.3, -0.25) is 0 Å². The van der Waals surface area contributed by atoms with Gasteiger partial charge < -0.3 is 5.32 Å². The molecule has 1 aromatic carbocycles. The van der Waals surface area contributed by atoms with Crippen LogP contribution in [0.25, 0.3) is 0 Å². The van der Waals surface area contributed by atoms with Crippen molar-refractivity contribution in [1.82, 2.24) is 5.32 Å². The average Bonchev–Trinajstić information content (AvgIpc) is 2.34. The lowest BCUT2D eigenvalue weighted by Crippen LogP contribution is -2.22. The molecule has 1 N–H and O–H groups in total. The predicted octanol–water partition coefficient (Wildman–Crippen LogP) is 5.32. The van der Waals surface area contributed by atoms with Gasteiger partial charge in [-0.15, -0.1) is 0 Å². The Balaban J connectivity index is 2.56. The lowest BCUT2D eigenvalue weighted by molar-refractivity contribution is 0.447. The summed E-state index contributed by atoms with van der Waals surface area (Å²) in [5.74, 6) is 0.807. The van der Waals surface area contributed by atoms with Crippen molar-refractivity contribution in [2.24, 2.45) is 5.92 Å². The van der Waals surface area contributed by atoms with Crippen LogP contribution in [0.2, 0.25) is 0 Å². The van der Waals surface area contributed by atoms with Crippen LogP contribution in [0.4, 0.5) is 0 Å². The summed E-state index contributed by atoms with van der Waals surface area (Å²) in [5, 5.41) is 3.66. The zero-order valence-electron chi connectivity index (χ0n) is 11.9. The number of benzene rings is 1. The molecular weight excluding hydrogens is 286 g/mol. The minimum Gasteiger partial charge on any atom is -0.310 e. The lowest BCUT2D eigenvalue weighted by Gasteiger charge is -2.19. The standard InChI is InChI=1S/C16H26BrN/c1-4-12-18-16(7-5-6-13(2)3)14-8-10-15(17)11-9-14/h8-11,13,16,18H,4-7,12H2,1-3H3. The topological polar surface area (TPSA) is 12.0 Å². The summed E-state index contributed by atoms with van der Waals surface area (Å²) in [6, 6.07) is 9.24. The van der Waals surface area contributed by atoms with Gasteiger partial charge >= 0.3 is 0 Å². The first kappa shape index (κ1) is 15.7. The van der Waals surface area contributed by atoms with Crippen LogP contribution in [0, 0.1) is 5.92 Å². The zero-order valence-corrected chi connectivity index (χ0v) is 13.5. The molecule has 0 aliphatic carbocycles. The van der Waals surface area contributed by atoms with E-state index in [-0.39, 0.29) is 0 Å². The van der Waals surface area contributed by atoms with Gasteiger partial charge in [0.25, 0.3) is 0 Å². The monoisotopic (exact) mass is 311 g/mol. The molecule has 0 amide bonds. The Labute approximate surface area is 120 Å². The molecule has 1 unspecified atom stereocenters. The van der Waals surface area contributed by atoms with E-state index in [0.29, 0.717) is 6.04 Å². The van der Waals surface area contributed by atoms with E-state index in [1.165, 1.54) is 31.2 Å². The number of nitrogens with one attached hydrogen (secondary N) is 1. The SMILES string of the molecule is CCCNC(CCCC(C)C)c1ccc(Br)cc1. The van der Waals surface area contributed by atoms with Crippen LogP contribution in [0.15, 0.2) is 28.7 Å². The van der Waals surface area contributed by atoms with Crippen molar-refractivity contribution >= 4 is 15.9 Å². The molecule has 1 rings (SSSR count). The maximum Gasteiger partial charge on any atom is 0.0320 e. The Kier molecular flexibility index (Phi) is 7.60. The zero-order chi connectivity index (χ0) is 13.4. The van der Waals surface area contributed by atoms with Crippen molar-refractivity contribution in [2.45, 2.75) is 52.5 Å². The first-order chi connectivity index (χ1) is 8.63. The molecule has 0 aliphatic rings. The second-order valence-corrected chi connectivity index (χ2v) is 6.30. The maximum atomic E-state index is 3.66. The summed E-state index contributed by atoms with van der Waals surface area (Å²) in [6.07, 6.45) is 5.05. The van der Waals surface area contributed by atoms with Crippen molar-refractivity contribution < 1.29 is 0 Å². The van der Waals surface area contributed by atoms with Crippen LogP contribution >= 0.6 is 15.9 Å². The number of hydrogen-bond acceptors (Lipinski definition) is 1. The van der Waals surface area contributed by atoms with E-state index in [4.69, 9.17) is 0 Å². The van der Waals surface area contributed by atoms with Gasteiger partial charge in [-0.05, 0) is 43.0 Å². The number of rotatable bonds is 8. The minimum absolute atomic E-state index is 0.511. The molecule has 0 saturated heterocycles. The largest absolute Gasteiger partial charge is 0.310 e. The highest BCUT2D eigenvalue weighted by Gasteiger charge is 2.10. The highest BCUT2D eigenvalue weighted by atomic mass is 79.9. The summed E-state index contributed by atoms with van der Waals surface area (Å²) >= 11 is 3.50. The van der Waals surface area contributed by atoms with Crippen LogP contribution in [0.3, 0.4) is 0 Å². The van der Waals surface area contributed by atoms with E-state index in [9.17, 15) is 0 Å². The van der Waals surface area contributed by atoms with E-state index < -0.39 is 0 Å². The van der Waals surface area contributed by atoms with Crippen LogP contribution in [-0.4, -0.2) is 6.54 Å². The third-order valence-corrected chi connectivity index (χ3v) is 3.72. The molecule has 0 aliphatic heterocycles. The Bertz CT molecular complexity index is 318. The van der Waals surface area contributed by atoms with Gasteiger partial charge in [-0.25, -0.2) is 0 Å². The van der Waals surface area contributed by atoms with Crippen molar-refractivity contribution in [2.75, 3.05) is 6.54 Å². The molecule has 0 aromatic heterocycles. The first-order valence-electron chi connectivity index (χ1n) is 7.12. The van der Waals surface area contributed by atoms with Crippen molar-refractivity contribution in [3.8, 4) is 0 Å². The quantitative estimate of drug-likeness (QED) is 0.685. The Morgan fingerprint density at radius 2 is 1.78 bits per heavy atom. The molecule has 18 heavy (non-hydrogen) atoms. The van der Waals surface area contributed by atoms with E-state index in [1.807, 2.05) is 0 Å². The van der Waals surface area contributed by atoms with E-state index in [0.717, 1.165) is 16.9 Å². The molecule has 0 fully saturated rings. The molecule has 0 heterocycles. The molecule has 0 spiro atoms.